The summed E-state index contributed by atoms with van der Waals surface area (Å²) >= 11 is 0. The molecule has 3 aliphatic rings. The Balaban J connectivity index is 1.79. The largest absolute Gasteiger partial charge is 0.508 e. The maximum absolute atomic E-state index is 13.8. The van der Waals surface area contributed by atoms with Gasteiger partial charge in [0.2, 0.25) is 5.78 Å². The summed E-state index contributed by atoms with van der Waals surface area (Å²) in [7, 11) is 3.07. The molecule has 3 aliphatic carbocycles. The van der Waals surface area contributed by atoms with Gasteiger partial charge in [-0.3, -0.25) is 24.6 Å². The number of nitrogens with two attached hydrogens (primary N) is 1. The van der Waals surface area contributed by atoms with E-state index in [1.54, 1.807) is 6.07 Å². The van der Waals surface area contributed by atoms with Crippen molar-refractivity contribution < 1.29 is 44.3 Å². The third-order valence-electron chi connectivity index (χ3n) is 7.47. The number of ether oxygens (including phenoxy) is 1. The average molecular weight is 544 g/mol. The maximum Gasteiger partial charge on any atom is 0.411 e. The smallest absolute Gasteiger partial charge is 0.411 e. The Bertz CT molecular complexity index is 1350. The van der Waals surface area contributed by atoms with Crippen LogP contribution in [-0.4, -0.2) is 81.2 Å². The van der Waals surface area contributed by atoms with Crippen molar-refractivity contribution in [3.63, 3.8) is 0 Å². The molecule has 12 heteroatoms. The number of hydrogen-bond acceptors (Lipinski definition) is 10. The van der Waals surface area contributed by atoms with E-state index in [4.69, 9.17) is 10.5 Å². The lowest BCUT2D eigenvalue weighted by Crippen LogP contribution is -2.65. The zero-order valence-electron chi connectivity index (χ0n) is 22.4. The molecule has 1 aromatic rings. The van der Waals surface area contributed by atoms with Crippen LogP contribution in [0.25, 0.3) is 5.76 Å². The number of aliphatic hydroxyl groups is 3. The Kier molecular flexibility index (Phi) is 6.76. The Morgan fingerprint density at radius 2 is 1.82 bits per heavy atom. The number of phenols is 1. The number of phenolic OH excluding ortho intramolecular Hbond substituents is 1. The second-order valence-electron chi connectivity index (χ2n) is 11.7. The zero-order valence-corrected chi connectivity index (χ0v) is 22.4. The fourth-order valence-electron chi connectivity index (χ4n) is 5.75. The first kappa shape index (κ1) is 28.1. The number of aliphatic hydroxyl groups excluding tert-OH is 2. The van der Waals surface area contributed by atoms with Gasteiger partial charge in [0, 0.05) is 11.5 Å². The third kappa shape index (κ3) is 4.43. The molecule has 0 saturated heterocycles. The third-order valence-corrected chi connectivity index (χ3v) is 7.47. The molecular formula is C27H33N3O9. The van der Waals surface area contributed by atoms with E-state index in [9.17, 15) is 39.6 Å². The highest BCUT2D eigenvalue weighted by molar-refractivity contribution is 6.24. The van der Waals surface area contributed by atoms with Crippen molar-refractivity contribution in [2.75, 3.05) is 26.0 Å². The molecule has 0 bridgehead atoms. The van der Waals surface area contributed by atoms with Crippen LogP contribution in [0.1, 0.15) is 38.3 Å². The summed E-state index contributed by atoms with van der Waals surface area (Å²) < 4.78 is 5.17. The van der Waals surface area contributed by atoms with E-state index in [-0.39, 0.29) is 41.7 Å². The van der Waals surface area contributed by atoms with Crippen molar-refractivity contribution in [1.82, 2.24) is 4.90 Å². The minimum Gasteiger partial charge on any atom is -0.508 e. The lowest BCUT2D eigenvalue weighted by Gasteiger charge is -2.50. The van der Waals surface area contributed by atoms with Crippen molar-refractivity contribution in [1.29, 1.82) is 0 Å². The van der Waals surface area contributed by atoms with Gasteiger partial charge in [0.15, 0.2) is 11.4 Å². The summed E-state index contributed by atoms with van der Waals surface area (Å²) in [6.45, 7) is 5.73. The number of aromatic hydroxyl groups is 1. The molecule has 0 aromatic heterocycles. The number of nitrogens with one attached hydrogen (secondary N) is 1. The summed E-state index contributed by atoms with van der Waals surface area (Å²) in [5.41, 5.74) is 1.43. The van der Waals surface area contributed by atoms with Gasteiger partial charge in [0.25, 0.3) is 5.91 Å². The number of nitrogens with zero attached hydrogens (tertiary/aromatic N) is 1. The van der Waals surface area contributed by atoms with Crippen LogP contribution in [0.3, 0.4) is 0 Å². The van der Waals surface area contributed by atoms with Crippen LogP contribution >= 0.6 is 0 Å². The molecule has 210 valence electrons. The summed E-state index contributed by atoms with van der Waals surface area (Å²) in [4.78, 5) is 52.7. The molecule has 4 rings (SSSR count). The summed E-state index contributed by atoms with van der Waals surface area (Å²) in [5, 5.41) is 47.1. The number of benzene rings is 1. The zero-order chi connectivity index (χ0) is 29.2. The van der Waals surface area contributed by atoms with Crippen molar-refractivity contribution in [2.24, 2.45) is 23.0 Å². The van der Waals surface area contributed by atoms with Crippen LogP contribution in [0.15, 0.2) is 29.0 Å². The van der Waals surface area contributed by atoms with E-state index >= 15 is 0 Å². The van der Waals surface area contributed by atoms with Crippen molar-refractivity contribution >= 4 is 35.0 Å². The molecule has 0 heterocycles. The molecule has 1 aromatic carbocycles. The normalized spacial score (nSPS) is 26.7. The van der Waals surface area contributed by atoms with Crippen molar-refractivity contribution in [3.05, 3.63) is 40.2 Å². The number of carbonyl (C=O) groups is 4. The predicted octanol–water partition coefficient (Wildman–Crippen LogP) is 1.56. The van der Waals surface area contributed by atoms with Gasteiger partial charge in [-0.1, -0.05) is 26.8 Å². The molecular weight excluding hydrogens is 510 g/mol. The fraction of sp³-hybridized carbons (Fsp3) is 0.481. The lowest BCUT2D eigenvalue weighted by molar-refractivity contribution is -0.153. The topological polar surface area (TPSA) is 200 Å². The number of rotatable bonds is 4. The highest BCUT2D eigenvalue weighted by atomic mass is 16.5. The van der Waals surface area contributed by atoms with Gasteiger partial charge in [-0.05, 0) is 49.9 Å². The van der Waals surface area contributed by atoms with Gasteiger partial charge < -0.3 is 30.9 Å². The van der Waals surface area contributed by atoms with Gasteiger partial charge in [-0.25, -0.2) is 4.79 Å². The average Bonchev–Trinajstić information content (AvgIpc) is 2.81. The molecule has 0 unspecified atom stereocenters. The predicted molar refractivity (Wildman–Crippen MR) is 139 cm³/mol. The Morgan fingerprint density at radius 3 is 2.38 bits per heavy atom. The Morgan fingerprint density at radius 1 is 1.18 bits per heavy atom. The molecule has 12 nitrogen and oxygen atoms in total. The quantitative estimate of drug-likeness (QED) is 0.239. The maximum atomic E-state index is 13.8. The Hall–Kier alpha value is -3.90. The molecule has 1 saturated carbocycles. The van der Waals surface area contributed by atoms with E-state index in [2.05, 4.69) is 5.32 Å². The lowest BCUT2D eigenvalue weighted by atomic mass is 9.57. The summed E-state index contributed by atoms with van der Waals surface area (Å²) in [6, 6.07) is 1.86. The minimum absolute atomic E-state index is 0.00828. The first-order valence-electron chi connectivity index (χ1n) is 12.4. The van der Waals surface area contributed by atoms with Crippen LogP contribution in [0, 0.1) is 17.3 Å². The van der Waals surface area contributed by atoms with E-state index in [1.807, 2.05) is 20.8 Å². The van der Waals surface area contributed by atoms with Gasteiger partial charge in [-0.15, -0.1) is 0 Å². The molecule has 7 N–H and O–H groups in total. The molecule has 39 heavy (non-hydrogen) atoms. The van der Waals surface area contributed by atoms with E-state index in [0.717, 1.165) is 0 Å². The van der Waals surface area contributed by atoms with Gasteiger partial charge in [-0.2, -0.15) is 0 Å². The van der Waals surface area contributed by atoms with Crippen LogP contribution < -0.4 is 11.1 Å². The van der Waals surface area contributed by atoms with Crippen LogP contribution in [-0.2, 0) is 25.5 Å². The number of amides is 2. The summed E-state index contributed by atoms with van der Waals surface area (Å²) in [6.07, 6.45) is -0.690. The highest BCUT2D eigenvalue weighted by Gasteiger charge is 2.64. The second kappa shape index (κ2) is 9.38. The number of carbonyl (C=O) groups excluding carboxylic acids is 4. The second-order valence-corrected chi connectivity index (χ2v) is 11.7. The van der Waals surface area contributed by atoms with Crippen LogP contribution in [0.4, 0.5) is 10.5 Å². The highest BCUT2D eigenvalue weighted by Crippen LogP contribution is 2.53. The van der Waals surface area contributed by atoms with E-state index in [1.165, 1.54) is 25.1 Å². The number of Topliss-reactive ketones (excluding diaryl/α,β-unsaturated/α-hetero) is 2. The fourth-order valence-corrected chi connectivity index (χ4v) is 5.75. The number of likely N-dealkylation sites (N-methyl/N-ethyl adjacent to an activating group) is 1. The Labute approximate surface area is 224 Å². The van der Waals surface area contributed by atoms with E-state index < -0.39 is 69.9 Å². The SMILES string of the molecule is CN(C)[C@H]1C(=O)C(C(N)=O)=C(O)[C@@]2(O)C(=O)C3=C(O)c4c(ccc(NC(=O)OCC(C)(C)C)c4O)C[C@H]3C[C@@H]12. The molecule has 0 radical (unpaired) electrons. The minimum atomic E-state index is -2.72. The van der Waals surface area contributed by atoms with Crippen LogP contribution in [0.2, 0.25) is 0 Å². The van der Waals surface area contributed by atoms with E-state index in [0.29, 0.717) is 5.56 Å². The number of ketones is 2. The standard InChI is InChI=1S/C27H33N3O9/c1-26(2,3)10-39-25(37)29-14-7-6-11-8-12-9-13-18(30(4)5)21(33)17(24(28)36)23(35)27(13,38)22(34)16(12)20(32)15(11)19(14)31/h6-7,12-13,18,31-32,35,38H,8-10H2,1-5H3,(H2,28,36)(H,29,37)/t12-,13-,18+,27-/m0/s1. The van der Waals surface area contributed by atoms with Gasteiger partial charge in [0.1, 0.15) is 22.8 Å². The monoisotopic (exact) mass is 543 g/mol. The molecule has 0 spiro atoms. The summed E-state index contributed by atoms with van der Waals surface area (Å²) in [5.74, 6) is -7.36. The van der Waals surface area contributed by atoms with Crippen molar-refractivity contribution in [3.8, 4) is 5.75 Å². The number of primary amides is 1. The molecule has 1 fully saturated rings. The number of anilines is 1. The van der Waals surface area contributed by atoms with Crippen molar-refractivity contribution in [2.45, 2.75) is 45.3 Å². The molecule has 0 aliphatic heterocycles. The van der Waals surface area contributed by atoms with Gasteiger partial charge >= 0.3 is 6.09 Å². The van der Waals surface area contributed by atoms with Gasteiger partial charge in [0.05, 0.1) is 23.9 Å². The first-order valence-corrected chi connectivity index (χ1v) is 12.4. The number of hydrogen-bond donors (Lipinski definition) is 6. The molecule has 2 amide bonds. The number of fused-ring (bicyclic) bond motifs is 3. The first-order chi connectivity index (χ1) is 18.0. The molecule has 4 atom stereocenters. The van der Waals surface area contributed by atoms with Crippen LogP contribution in [0.5, 0.6) is 5.75 Å².